The first kappa shape index (κ1) is 21.7. The van der Waals surface area contributed by atoms with E-state index in [0.717, 1.165) is 5.69 Å². The lowest BCUT2D eigenvalue weighted by atomic mass is 10.1. The van der Waals surface area contributed by atoms with Crippen molar-refractivity contribution in [3.05, 3.63) is 76.5 Å². The van der Waals surface area contributed by atoms with E-state index in [2.05, 4.69) is 20.6 Å². The molecule has 0 spiro atoms. The van der Waals surface area contributed by atoms with Crippen LogP contribution in [-0.2, 0) is 0 Å². The van der Waals surface area contributed by atoms with Crippen molar-refractivity contribution in [2.45, 2.75) is 0 Å². The number of hydrogen-bond acceptors (Lipinski definition) is 6. The van der Waals surface area contributed by atoms with E-state index in [-0.39, 0.29) is 15.7 Å². The minimum atomic E-state index is -0.445. The maximum atomic E-state index is 13.2. The molecule has 1 heterocycles. The molecule has 7 nitrogen and oxygen atoms in total. The fourth-order valence-electron chi connectivity index (χ4n) is 3.20. The fraction of sp³-hybridized carbons (Fsp3) is 0.0870. The summed E-state index contributed by atoms with van der Waals surface area (Å²) in [6, 6.07) is 16.4. The van der Waals surface area contributed by atoms with Gasteiger partial charge in [-0.15, -0.1) is 0 Å². The van der Waals surface area contributed by atoms with Crippen molar-refractivity contribution in [1.82, 2.24) is 9.97 Å². The monoisotopic (exact) mass is 468 g/mol. The van der Waals surface area contributed by atoms with Crippen molar-refractivity contribution >= 4 is 57.2 Å². The smallest absolute Gasteiger partial charge is 0.257 e. The van der Waals surface area contributed by atoms with Crippen molar-refractivity contribution in [3.8, 4) is 11.5 Å². The Labute approximate surface area is 194 Å². The van der Waals surface area contributed by atoms with Crippen molar-refractivity contribution in [2.24, 2.45) is 0 Å². The number of benzene rings is 3. The molecule has 162 valence electrons. The first-order valence-corrected chi connectivity index (χ1v) is 10.3. The van der Waals surface area contributed by atoms with Crippen LogP contribution >= 0.6 is 23.2 Å². The van der Waals surface area contributed by atoms with Crippen LogP contribution < -0.4 is 20.1 Å². The molecule has 4 rings (SSSR count). The molecule has 0 saturated heterocycles. The van der Waals surface area contributed by atoms with Gasteiger partial charge in [-0.3, -0.25) is 4.79 Å². The Balaban J connectivity index is 1.74. The van der Waals surface area contributed by atoms with E-state index in [4.69, 9.17) is 32.7 Å². The number of para-hydroxylation sites is 2. The highest BCUT2D eigenvalue weighted by Crippen LogP contribution is 2.44. The van der Waals surface area contributed by atoms with E-state index in [1.54, 1.807) is 18.2 Å². The van der Waals surface area contributed by atoms with Crippen molar-refractivity contribution in [2.75, 3.05) is 24.9 Å². The quantitative estimate of drug-likeness (QED) is 0.363. The molecule has 4 aromatic rings. The fourth-order valence-corrected chi connectivity index (χ4v) is 3.80. The maximum absolute atomic E-state index is 13.2. The highest BCUT2D eigenvalue weighted by molar-refractivity contribution is 6.42. The van der Waals surface area contributed by atoms with Gasteiger partial charge in [-0.05, 0) is 24.3 Å². The zero-order valence-electron chi connectivity index (χ0n) is 17.1. The minimum absolute atomic E-state index is 0.160. The number of amides is 1. The van der Waals surface area contributed by atoms with Gasteiger partial charge in [0.15, 0.2) is 0 Å². The van der Waals surface area contributed by atoms with Gasteiger partial charge < -0.3 is 20.1 Å². The molecule has 0 saturated carbocycles. The van der Waals surface area contributed by atoms with Crippen LogP contribution in [0.25, 0.3) is 10.9 Å². The molecule has 0 fully saturated rings. The van der Waals surface area contributed by atoms with E-state index in [0.29, 0.717) is 33.8 Å². The molecule has 0 unspecified atom stereocenters. The van der Waals surface area contributed by atoms with Crippen molar-refractivity contribution in [3.63, 3.8) is 0 Å². The summed E-state index contributed by atoms with van der Waals surface area (Å²) in [5, 5.41) is 7.02. The molecule has 0 radical (unpaired) electrons. The molecule has 3 aromatic carbocycles. The maximum Gasteiger partial charge on any atom is 0.257 e. The number of carbonyl (C=O) groups is 1. The number of aromatic nitrogens is 2. The summed E-state index contributed by atoms with van der Waals surface area (Å²) in [7, 11) is 2.92. The second kappa shape index (κ2) is 9.30. The van der Waals surface area contributed by atoms with E-state index >= 15 is 0 Å². The number of hydrogen-bond donors (Lipinski definition) is 2. The number of anilines is 3. The van der Waals surface area contributed by atoms with Gasteiger partial charge in [0.1, 0.15) is 33.7 Å². The van der Waals surface area contributed by atoms with Gasteiger partial charge in [0.2, 0.25) is 0 Å². The molecule has 0 atom stereocenters. The van der Waals surface area contributed by atoms with Crippen LogP contribution in [-0.4, -0.2) is 30.1 Å². The highest BCUT2D eigenvalue weighted by Gasteiger charge is 2.21. The molecule has 1 aromatic heterocycles. The Morgan fingerprint density at radius 3 is 2.25 bits per heavy atom. The molecular weight excluding hydrogens is 451 g/mol. The third kappa shape index (κ3) is 4.12. The average Bonchev–Trinajstić information content (AvgIpc) is 2.82. The van der Waals surface area contributed by atoms with Crippen LogP contribution in [0, 0.1) is 0 Å². The molecule has 0 aliphatic heterocycles. The minimum Gasteiger partial charge on any atom is -0.495 e. The number of fused-ring (bicyclic) bond motifs is 1. The molecule has 1 amide bonds. The zero-order valence-corrected chi connectivity index (χ0v) is 18.7. The summed E-state index contributed by atoms with van der Waals surface area (Å²) in [4.78, 5) is 21.9. The number of ether oxygens (including phenoxy) is 2. The second-order valence-electron chi connectivity index (χ2n) is 6.65. The van der Waals surface area contributed by atoms with Gasteiger partial charge in [0.25, 0.3) is 5.91 Å². The highest BCUT2D eigenvalue weighted by atomic mass is 35.5. The number of carbonyl (C=O) groups excluding carboxylic acids is 1. The van der Waals surface area contributed by atoms with Crippen LogP contribution in [0.1, 0.15) is 10.4 Å². The third-order valence-corrected chi connectivity index (χ3v) is 5.51. The normalized spacial score (nSPS) is 10.6. The van der Waals surface area contributed by atoms with E-state index in [9.17, 15) is 4.79 Å². The molecule has 0 bridgehead atoms. The molecule has 32 heavy (non-hydrogen) atoms. The van der Waals surface area contributed by atoms with Crippen LogP contribution in [0.4, 0.5) is 17.2 Å². The Bertz CT molecular complexity index is 1270. The van der Waals surface area contributed by atoms with Gasteiger partial charge in [0, 0.05) is 17.1 Å². The summed E-state index contributed by atoms with van der Waals surface area (Å²) in [6.07, 6.45) is 1.40. The van der Waals surface area contributed by atoms with Crippen LogP contribution in [0.5, 0.6) is 11.5 Å². The van der Waals surface area contributed by atoms with Crippen LogP contribution in [0.2, 0.25) is 10.0 Å². The molecule has 9 heteroatoms. The van der Waals surface area contributed by atoms with Gasteiger partial charge in [0.05, 0.1) is 31.0 Å². The Kier molecular flexibility index (Phi) is 6.30. The van der Waals surface area contributed by atoms with Gasteiger partial charge in [-0.1, -0.05) is 47.5 Å². The molecule has 0 aliphatic carbocycles. The summed E-state index contributed by atoms with van der Waals surface area (Å²) in [5.74, 6) is 0.768. The first-order chi connectivity index (χ1) is 15.5. The predicted molar refractivity (Wildman–Crippen MR) is 127 cm³/mol. The second-order valence-corrected chi connectivity index (χ2v) is 7.41. The average molecular weight is 469 g/mol. The molecule has 0 aliphatic rings. The number of halogens is 2. The Morgan fingerprint density at radius 2 is 1.59 bits per heavy atom. The Morgan fingerprint density at radius 1 is 0.906 bits per heavy atom. The lowest BCUT2D eigenvalue weighted by molar-refractivity contribution is 0.102. The standard InChI is InChI=1S/C23H18Cl2N4O3/c1-31-16-11-17(32-2)19(25)21(18(16)24)29-23(30)15-10-6-9-14-20(15)26-12-27-22(14)28-13-7-4-3-5-8-13/h3-12H,1-2H3,(H,29,30)(H,26,27,28). The lowest BCUT2D eigenvalue weighted by Gasteiger charge is -2.16. The number of nitrogens with one attached hydrogen (secondary N) is 2. The zero-order chi connectivity index (χ0) is 22.7. The van der Waals surface area contributed by atoms with Crippen molar-refractivity contribution in [1.29, 1.82) is 0 Å². The van der Waals surface area contributed by atoms with Gasteiger partial charge in [-0.25, -0.2) is 9.97 Å². The number of nitrogens with zero attached hydrogens (tertiary/aromatic N) is 2. The number of rotatable bonds is 6. The van der Waals surface area contributed by atoms with E-state index < -0.39 is 5.91 Å². The van der Waals surface area contributed by atoms with Crippen LogP contribution in [0.3, 0.4) is 0 Å². The first-order valence-electron chi connectivity index (χ1n) is 9.50. The molecule has 2 N–H and O–H groups in total. The van der Waals surface area contributed by atoms with Crippen LogP contribution in [0.15, 0.2) is 60.9 Å². The summed E-state index contributed by atoms with van der Waals surface area (Å²) < 4.78 is 10.5. The van der Waals surface area contributed by atoms with Gasteiger partial charge >= 0.3 is 0 Å². The summed E-state index contributed by atoms with van der Waals surface area (Å²) in [6.45, 7) is 0. The third-order valence-electron chi connectivity index (χ3n) is 4.76. The topological polar surface area (TPSA) is 85.4 Å². The molecular formula is C23H18Cl2N4O3. The SMILES string of the molecule is COc1cc(OC)c(Cl)c(NC(=O)c2cccc3c(Nc4ccccc4)ncnc23)c1Cl. The van der Waals surface area contributed by atoms with E-state index in [1.807, 2.05) is 36.4 Å². The number of methoxy groups -OCH3 is 2. The van der Waals surface area contributed by atoms with Gasteiger partial charge in [-0.2, -0.15) is 0 Å². The Hall–Kier alpha value is -3.55. The summed E-state index contributed by atoms with van der Waals surface area (Å²) in [5.41, 5.74) is 1.85. The van der Waals surface area contributed by atoms with E-state index in [1.165, 1.54) is 20.5 Å². The lowest BCUT2D eigenvalue weighted by Crippen LogP contribution is -2.14. The largest absolute Gasteiger partial charge is 0.495 e. The summed E-state index contributed by atoms with van der Waals surface area (Å²) >= 11 is 12.8. The van der Waals surface area contributed by atoms with Crippen molar-refractivity contribution < 1.29 is 14.3 Å². The predicted octanol–water partition coefficient (Wildman–Crippen LogP) is 5.95.